The lowest BCUT2D eigenvalue weighted by Gasteiger charge is -2.08. The third-order valence-electron chi connectivity index (χ3n) is 2.77. The van der Waals surface area contributed by atoms with Gasteiger partial charge >= 0.3 is 0 Å². The number of nitrogens with zero attached hydrogens (tertiary/aromatic N) is 3. The lowest BCUT2D eigenvalue weighted by Crippen LogP contribution is -2.13. The molecule has 0 aliphatic rings. The van der Waals surface area contributed by atoms with Crippen molar-refractivity contribution in [2.75, 3.05) is 0 Å². The zero-order chi connectivity index (χ0) is 15.7. The maximum Gasteiger partial charge on any atom is 0.272 e. The number of rotatable bonds is 4. The smallest absolute Gasteiger partial charge is 0.272 e. The molecule has 0 atom stereocenters. The topological polar surface area (TPSA) is 120 Å². The fraction of sp³-hybridized carbons (Fsp3) is 0.167. The molecule has 0 bridgehead atoms. The lowest BCUT2D eigenvalue weighted by molar-refractivity contribution is -0.385. The highest BCUT2D eigenvalue weighted by Crippen LogP contribution is 2.30. The number of amidine groups is 1. The highest BCUT2D eigenvalue weighted by molar-refractivity contribution is 5.98. The van der Waals surface area contributed by atoms with Gasteiger partial charge in [-0.05, 0) is 13.0 Å². The normalized spacial score (nSPS) is 10.4. The van der Waals surface area contributed by atoms with E-state index in [2.05, 4.69) is 5.10 Å². The number of nitrogens with one attached hydrogen (secondary N) is 1. The van der Waals surface area contributed by atoms with Gasteiger partial charge in [0.25, 0.3) is 5.69 Å². The SMILES string of the molecule is Cc1nn(C)c(Oc2ccc([N+](=O)[O-])cc2F)c1C(=N)N. The van der Waals surface area contributed by atoms with Crippen LogP contribution in [0.2, 0.25) is 0 Å². The van der Waals surface area contributed by atoms with Gasteiger partial charge in [0.2, 0.25) is 5.88 Å². The third kappa shape index (κ3) is 2.66. The molecule has 8 nitrogen and oxygen atoms in total. The van der Waals surface area contributed by atoms with Gasteiger partial charge in [-0.15, -0.1) is 0 Å². The van der Waals surface area contributed by atoms with Crippen LogP contribution in [-0.4, -0.2) is 20.5 Å². The van der Waals surface area contributed by atoms with Crippen LogP contribution in [0.25, 0.3) is 0 Å². The molecule has 0 aliphatic carbocycles. The van der Waals surface area contributed by atoms with Crippen LogP contribution in [0.5, 0.6) is 11.6 Å². The predicted molar refractivity (Wildman–Crippen MR) is 72.1 cm³/mol. The summed E-state index contributed by atoms with van der Waals surface area (Å²) in [6.07, 6.45) is 0. The molecule has 2 aromatic rings. The molecule has 1 aromatic carbocycles. The molecule has 9 heteroatoms. The summed E-state index contributed by atoms with van der Waals surface area (Å²) in [5.74, 6) is -1.28. The van der Waals surface area contributed by atoms with Gasteiger partial charge in [0, 0.05) is 13.1 Å². The van der Waals surface area contributed by atoms with E-state index in [1.807, 2.05) is 0 Å². The predicted octanol–water partition coefficient (Wildman–Crippen LogP) is 1.85. The Balaban J connectivity index is 2.44. The molecular weight excluding hydrogens is 281 g/mol. The van der Waals surface area contributed by atoms with E-state index >= 15 is 0 Å². The summed E-state index contributed by atoms with van der Waals surface area (Å²) in [7, 11) is 1.55. The van der Waals surface area contributed by atoms with Crippen LogP contribution >= 0.6 is 0 Å². The molecule has 1 aromatic heterocycles. The van der Waals surface area contributed by atoms with Crippen LogP contribution in [-0.2, 0) is 7.05 Å². The maximum atomic E-state index is 13.8. The van der Waals surface area contributed by atoms with E-state index in [0.717, 1.165) is 18.2 Å². The molecule has 110 valence electrons. The molecule has 2 rings (SSSR count). The van der Waals surface area contributed by atoms with Gasteiger partial charge in [0.05, 0.1) is 16.7 Å². The number of benzene rings is 1. The lowest BCUT2D eigenvalue weighted by atomic mass is 10.2. The molecule has 0 fully saturated rings. The van der Waals surface area contributed by atoms with Crippen LogP contribution in [0.4, 0.5) is 10.1 Å². The average Bonchev–Trinajstić information content (AvgIpc) is 2.66. The van der Waals surface area contributed by atoms with Crippen molar-refractivity contribution < 1.29 is 14.1 Å². The molecule has 21 heavy (non-hydrogen) atoms. The van der Waals surface area contributed by atoms with Crippen molar-refractivity contribution in [3.05, 3.63) is 45.4 Å². The quantitative estimate of drug-likeness (QED) is 0.386. The number of halogens is 1. The molecule has 0 unspecified atom stereocenters. The first-order chi connectivity index (χ1) is 9.81. The van der Waals surface area contributed by atoms with Crippen LogP contribution < -0.4 is 10.5 Å². The monoisotopic (exact) mass is 293 g/mol. The largest absolute Gasteiger partial charge is 0.435 e. The Labute approximate surface area is 118 Å². The van der Waals surface area contributed by atoms with Crippen LogP contribution in [0.3, 0.4) is 0 Å². The van der Waals surface area contributed by atoms with Gasteiger partial charge in [-0.25, -0.2) is 9.07 Å². The molecule has 3 N–H and O–H groups in total. The summed E-state index contributed by atoms with van der Waals surface area (Å²) in [6.45, 7) is 1.63. The van der Waals surface area contributed by atoms with E-state index in [4.69, 9.17) is 15.9 Å². The first-order valence-electron chi connectivity index (χ1n) is 5.81. The van der Waals surface area contributed by atoms with E-state index in [1.54, 1.807) is 14.0 Å². The number of non-ortho nitro benzene ring substituents is 1. The van der Waals surface area contributed by atoms with Crippen molar-refractivity contribution in [1.82, 2.24) is 9.78 Å². The first-order valence-corrected chi connectivity index (χ1v) is 5.81. The summed E-state index contributed by atoms with van der Waals surface area (Å²) in [5, 5.41) is 22.1. The Morgan fingerprint density at radius 3 is 2.76 bits per heavy atom. The van der Waals surface area contributed by atoms with Gasteiger partial charge in [0.15, 0.2) is 11.6 Å². The Kier molecular flexibility index (Phi) is 3.57. The highest BCUT2D eigenvalue weighted by Gasteiger charge is 2.20. The Bertz CT molecular complexity index is 741. The summed E-state index contributed by atoms with van der Waals surface area (Å²) < 4.78 is 20.5. The number of hydrogen-bond acceptors (Lipinski definition) is 5. The number of aryl methyl sites for hydroxylation is 2. The fourth-order valence-corrected chi connectivity index (χ4v) is 1.85. The van der Waals surface area contributed by atoms with Crippen molar-refractivity contribution in [1.29, 1.82) is 5.41 Å². The second kappa shape index (κ2) is 5.19. The minimum Gasteiger partial charge on any atom is -0.435 e. The molecule has 0 saturated heterocycles. The van der Waals surface area contributed by atoms with E-state index < -0.39 is 10.7 Å². The van der Waals surface area contributed by atoms with Crippen molar-refractivity contribution in [2.24, 2.45) is 12.8 Å². The summed E-state index contributed by atoms with van der Waals surface area (Å²) in [6, 6.07) is 3.01. The summed E-state index contributed by atoms with van der Waals surface area (Å²) in [4.78, 5) is 9.86. The van der Waals surface area contributed by atoms with Crippen molar-refractivity contribution in [3.8, 4) is 11.6 Å². The minimum absolute atomic E-state index is 0.0905. The number of nitrogen functional groups attached to an aromatic ring is 1. The molecule has 0 saturated carbocycles. The number of nitrogens with two attached hydrogens (primary N) is 1. The molecule has 0 radical (unpaired) electrons. The average molecular weight is 293 g/mol. The summed E-state index contributed by atoms with van der Waals surface area (Å²) >= 11 is 0. The second-order valence-electron chi connectivity index (χ2n) is 4.28. The zero-order valence-electron chi connectivity index (χ0n) is 11.3. The highest BCUT2D eigenvalue weighted by atomic mass is 19.1. The number of nitro groups is 1. The van der Waals surface area contributed by atoms with Gasteiger partial charge in [-0.2, -0.15) is 5.10 Å². The zero-order valence-corrected chi connectivity index (χ0v) is 11.3. The standard InChI is InChI=1S/C12H12FN5O3/c1-6-10(11(14)15)12(17(2)16-6)21-9-4-3-7(18(19)20)5-8(9)13/h3-5H,1-2H3,(H3,14,15). The van der Waals surface area contributed by atoms with E-state index in [0.29, 0.717) is 5.69 Å². The number of hydrogen-bond donors (Lipinski definition) is 2. The van der Waals surface area contributed by atoms with Gasteiger partial charge in [0.1, 0.15) is 11.4 Å². The fourth-order valence-electron chi connectivity index (χ4n) is 1.85. The van der Waals surface area contributed by atoms with Crippen molar-refractivity contribution in [2.45, 2.75) is 6.92 Å². The Morgan fingerprint density at radius 2 is 2.24 bits per heavy atom. The minimum atomic E-state index is -0.891. The molecule has 0 aliphatic heterocycles. The molecule has 1 heterocycles. The van der Waals surface area contributed by atoms with Crippen LogP contribution in [0.15, 0.2) is 18.2 Å². The first kappa shape index (κ1) is 14.4. The number of nitro benzene ring substituents is 1. The second-order valence-corrected chi connectivity index (χ2v) is 4.28. The van der Waals surface area contributed by atoms with E-state index in [-0.39, 0.29) is 28.7 Å². The third-order valence-corrected chi connectivity index (χ3v) is 2.77. The van der Waals surface area contributed by atoms with Crippen molar-refractivity contribution >= 4 is 11.5 Å². The molecule has 0 spiro atoms. The van der Waals surface area contributed by atoms with Gasteiger partial charge < -0.3 is 10.5 Å². The van der Waals surface area contributed by atoms with Crippen LogP contribution in [0.1, 0.15) is 11.3 Å². The van der Waals surface area contributed by atoms with Gasteiger partial charge in [-0.3, -0.25) is 15.5 Å². The van der Waals surface area contributed by atoms with Gasteiger partial charge in [-0.1, -0.05) is 0 Å². The molecular formula is C12H12FN5O3. The maximum absolute atomic E-state index is 13.8. The van der Waals surface area contributed by atoms with Crippen LogP contribution in [0, 0.1) is 28.3 Å². The number of aromatic nitrogens is 2. The Hall–Kier alpha value is -2.97. The number of ether oxygens (including phenoxy) is 1. The summed E-state index contributed by atoms with van der Waals surface area (Å²) in [5.41, 5.74) is 5.78. The Morgan fingerprint density at radius 1 is 1.57 bits per heavy atom. The van der Waals surface area contributed by atoms with E-state index in [1.165, 1.54) is 4.68 Å². The van der Waals surface area contributed by atoms with E-state index in [9.17, 15) is 14.5 Å². The van der Waals surface area contributed by atoms with Crippen molar-refractivity contribution in [3.63, 3.8) is 0 Å². The molecule has 0 amide bonds.